The molecule has 0 saturated carbocycles. The van der Waals surface area contributed by atoms with Crippen molar-refractivity contribution in [1.29, 1.82) is 0 Å². The van der Waals surface area contributed by atoms with E-state index in [9.17, 15) is 0 Å². The maximum Gasteiger partial charge on any atom is 0.0497 e. The normalized spacial score (nSPS) is 13.0. The number of hydrogen-bond acceptors (Lipinski definition) is 2. The summed E-state index contributed by atoms with van der Waals surface area (Å²) in [4.78, 5) is 4.95. The summed E-state index contributed by atoms with van der Waals surface area (Å²) in [5.41, 5.74) is 18.9. The van der Waals surface area contributed by atoms with Crippen LogP contribution in [0.5, 0.6) is 0 Å². The smallest absolute Gasteiger partial charge is 0.0497 e. The van der Waals surface area contributed by atoms with Gasteiger partial charge < -0.3 is 9.80 Å². The summed E-state index contributed by atoms with van der Waals surface area (Å²) >= 11 is 0. The average molecular weight is 753 g/mol. The molecule has 0 radical (unpaired) electrons. The molecule has 2 nitrogen and oxygen atoms in total. The van der Waals surface area contributed by atoms with Gasteiger partial charge in [-0.3, -0.25) is 0 Å². The van der Waals surface area contributed by atoms with Gasteiger partial charge in [-0.1, -0.05) is 146 Å². The van der Waals surface area contributed by atoms with Crippen LogP contribution >= 0.6 is 0 Å². The SMILES string of the molecule is Cc1ccccc1-c1c2ccc(N3c4ccccc4Cc4ccccc43)cc2c(-c2ccc3ccccc3c2)c2ccc(N3c4ccccc4Cc4ccccc43)cc12. The molecule has 0 aliphatic carbocycles. The van der Waals surface area contributed by atoms with Crippen LogP contribution in [-0.2, 0) is 12.8 Å². The van der Waals surface area contributed by atoms with Gasteiger partial charge in [0.1, 0.15) is 0 Å². The van der Waals surface area contributed by atoms with Gasteiger partial charge >= 0.3 is 0 Å². The van der Waals surface area contributed by atoms with Crippen molar-refractivity contribution in [2.24, 2.45) is 0 Å². The van der Waals surface area contributed by atoms with Crippen molar-refractivity contribution in [2.45, 2.75) is 19.8 Å². The van der Waals surface area contributed by atoms with Gasteiger partial charge in [-0.15, -0.1) is 0 Å². The second-order valence-corrected chi connectivity index (χ2v) is 16.1. The Morgan fingerprint density at radius 3 is 1.32 bits per heavy atom. The predicted molar refractivity (Wildman–Crippen MR) is 250 cm³/mol. The summed E-state index contributed by atoms with van der Waals surface area (Å²) in [7, 11) is 0. The third-order valence-electron chi connectivity index (χ3n) is 12.7. The van der Waals surface area contributed by atoms with Crippen molar-refractivity contribution in [3.8, 4) is 22.3 Å². The van der Waals surface area contributed by atoms with Crippen molar-refractivity contribution >= 4 is 66.4 Å². The number of rotatable bonds is 4. The fraction of sp³-hybridized carbons (Fsp3) is 0.0526. The number of anilines is 6. The summed E-state index contributed by atoms with van der Waals surface area (Å²) in [6.07, 6.45) is 1.85. The standard InChI is InChI=1S/C57H40N2/c1-37-14-2-9-21-47(37)57-49-31-29-45(58-52-22-10-5-17-40(52)33-41-18-6-11-23-53(41)58)35-50(49)56(44-27-26-38-15-3-4-16-39(38)32-44)48-30-28-46(36-51(48)57)59-54-24-12-7-19-42(54)34-43-20-8-13-25-55(43)59/h2-32,35-36H,33-34H2,1H3. The van der Waals surface area contributed by atoms with E-state index in [0.29, 0.717) is 0 Å². The van der Waals surface area contributed by atoms with Gasteiger partial charge in [0.2, 0.25) is 0 Å². The first-order valence-corrected chi connectivity index (χ1v) is 20.7. The molecule has 0 saturated heterocycles. The molecular formula is C57H40N2. The number of nitrogens with zero attached hydrogens (tertiary/aromatic N) is 2. The highest BCUT2D eigenvalue weighted by atomic mass is 15.2. The Morgan fingerprint density at radius 1 is 0.339 bits per heavy atom. The fourth-order valence-electron chi connectivity index (χ4n) is 10.0. The minimum absolute atomic E-state index is 0.926. The molecule has 59 heavy (non-hydrogen) atoms. The van der Waals surface area contributed by atoms with Crippen LogP contribution in [0.15, 0.2) is 200 Å². The largest absolute Gasteiger partial charge is 0.310 e. The summed E-state index contributed by atoms with van der Waals surface area (Å²) < 4.78 is 0. The molecule has 2 aliphatic heterocycles. The molecule has 10 aromatic rings. The van der Waals surface area contributed by atoms with Gasteiger partial charge in [0.05, 0.1) is 0 Å². The van der Waals surface area contributed by atoms with E-state index in [2.05, 4.69) is 217 Å². The Morgan fingerprint density at radius 2 is 0.780 bits per heavy atom. The molecule has 2 heterocycles. The van der Waals surface area contributed by atoms with Crippen LogP contribution in [0.25, 0.3) is 54.6 Å². The molecule has 0 unspecified atom stereocenters. The molecule has 2 heteroatoms. The van der Waals surface area contributed by atoms with Crippen LogP contribution in [0.3, 0.4) is 0 Å². The lowest BCUT2D eigenvalue weighted by Gasteiger charge is -2.34. The van der Waals surface area contributed by atoms with E-state index < -0.39 is 0 Å². The zero-order chi connectivity index (χ0) is 39.0. The number of benzene rings is 10. The molecule has 0 N–H and O–H groups in total. The Bertz CT molecular complexity index is 3230. The second kappa shape index (κ2) is 13.3. The number of hydrogen-bond donors (Lipinski definition) is 0. The zero-order valence-electron chi connectivity index (χ0n) is 32.9. The lowest BCUT2D eigenvalue weighted by Crippen LogP contribution is -2.18. The summed E-state index contributed by atoms with van der Waals surface area (Å²) in [5, 5.41) is 7.45. The van der Waals surface area contributed by atoms with Crippen LogP contribution in [0.1, 0.15) is 27.8 Å². The third-order valence-corrected chi connectivity index (χ3v) is 12.7. The van der Waals surface area contributed by atoms with Gasteiger partial charge in [-0.2, -0.15) is 0 Å². The van der Waals surface area contributed by atoms with Gasteiger partial charge in [-0.25, -0.2) is 0 Å². The van der Waals surface area contributed by atoms with Crippen molar-refractivity contribution in [3.63, 3.8) is 0 Å². The Labute approximate surface area is 344 Å². The lowest BCUT2D eigenvalue weighted by molar-refractivity contribution is 1.09. The third kappa shape index (κ3) is 5.34. The van der Waals surface area contributed by atoms with Crippen LogP contribution in [0.4, 0.5) is 34.1 Å². The highest BCUT2D eigenvalue weighted by Crippen LogP contribution is 2.51. The molecular weight excluding hydrogens is 713 g/mol. The van der Waals surface area contributed by atoms with E-state index in [4.69, 9.17) is 0 Å². The van der Waals surface area contributed by atoms with Gasteiger partial charge in [-0.05, 0) is 144 Å². The van der Waals surface area contributed by atoms with Crippen LogP contribution in [0, 0.1) is 6.92 Å². The van der Waals surface area contributed by atoms with Crippen molar-refractivity contribution in [3.05, 3.63) is 228 Å². The predicted octanol–water partition coefficient (Wildman–Crippen LogP) is 15.5. The van der Waals surface area contributed by atoms with Crippen LogP contribution in [-0.4, -0.2) is 0 Å². The van der Waals surface area contributed by atoms with Gasteiger partial charge in [0, 0.05) is 47.0 Å². The minimum Gasteiger partial charge on any atom is -0.310 e. The molecule has 12 rings (SSSR count). The molecule has 0 amide bonds. The van der Waals surface area contributed by atoms with E-state index in [1.807, 2.05) is 0 Å². The summed E-state index contributed by atoms with van der Waals surface area (Å²) in [6.45, 7) is 2.25. The number of para-hydroxylation sites is 4. The molecule has 0 fully saturated rings. The highest BCUT2D eigenvalue weighted by molar-refractivity contribution is 6.23. The van der Waals surface area contributed by atoms with Crippen LogP contribution in [0.2, 0.25) is 0 Å². The quantitative estimate of drug-likeness (QED) is 0.165. The van der Waals surface area contributed by atoms with Crippen molar-refractivity contribution in [2.75, 3.05) is 9.80 Å². The molecule has 0 spiro atoms. The lowest BCUT2D eigenvalue weighted by atomic mass is 9.83. The summed E-state index contributed by atoms with van der Waals surface area (Å²) in [5.74, 6) is 0. The highest BCUT2D eigenvalue weighted by Gasteiger charge is 2.28. The second-order valence-electron chi connectivity index (χ2n) is 16.1. The minimum atomic E-state index is 0.926. The Hall–Kier alpha value is -7.42. The maximum atomic E-state index is 2.48. The Balaban J connectivity index is 1.20. The Kier molecular flexibility index (Phi) is 7.61. The molecule has 0 bridgehead atoms. The van der Waals surface area contributed by atoms with E-state index in [1.165, 1.54) is 105 Å². The maximum absolute atomic E-state index is 2.48. The molecule has 0 atom stereocenters. The monoisotopic (exact) mass is 752 g/mol. The first kappa shape index (κ1) is 33.7. The van der Waals surface area contributed by atoms with E-state index in [1.54, 1.807) is 0 Å². The topological polar surface area (TPSA) is 6.48 Å². The molecule has 278 valence electrons. The van der Waals surface area contributed by atoms with E-state index in [0.717, 1.165) is 24.2 Å². The van der Waals surface area contributed by atoms with Gasteiger partial charge in [0.15, 0.2) is 0 Å². The molecule has 2 aliphatic rings. The van der Waals surface area contributed by atoms with E-state index in [-0.39, 0.29) is 0 Å². The first-order valence-electron chi connectivity index (χ1n) is 20.7. The zero-order valence-corrected chi connectivity index (χ0v) is 32.9. The average Bonchev–Trinajstić information content (AvgIpc) is 3.29. The first-order chi connectivity index (χ1) is 29.2. The molecule has 10 aromatic carbocycles. The van der Waals surface area contributed by atoms with Crippen molar-refractivity contribution in [1.82, 2.24) is 0 Å². The van der Waals surface area contributed by atoms with Crippen LogP contribution < -0.4 is 9.80 Å². The number of aryl methyl sites for hydroxylation is 1. The van der Waals surface area contributed by atoms with E-state index >= 15 is 0 Å². The molecule has 0 aromatic heterocycles. The van der Waals surface area contributed by atoms with Crippen molar-refractivity contribution < 1.29 is 0 Å². The fourth-order valence-corrected chi connectivity index (χ4v) is 10.0. The number of fused-ring (bicyclic) bond motifs is 7. The summed E-state index contributed by atoms with van der Waals surface area (Å²) in [6, 6.07) is 74.6. The van der Waals surface area contributed by atoms with Gasteiger partial charge in [0.25, 0.3) is 0 Å².